The van der Waals surface area contributed by atoms with E-state index in [-0.39, 0.29) is 0 Å². The van der Waals surface area contributed by atoms with E-state index >= 15 is 0 Å². The SMILES string of the molecule is CCCCOc1ccc(/C=C/C(=O)OCC(N)=O)cc1OC. The average Bonchev–Trinajstić information content (AvgIpc) is 2.51. The lowest BCUT2D eigenvalue weighted by molar-refractivity contribution is -0.142. The molecule has 0 radical (unpaired) electrons. The van der Waals surface area contributed by atoms with Gasteiger partial charge in [-0.25, -0.2) is 4.79 Å². The van der Waals surface area contributed by atoms with E-state index in [9.17, 15) is 9.59 Å². The fourth-order valence-corrected chi connectivity index (χ4v) is 1.59. The Morgan fingerprint density at radius 3 is 2.68 bits per heavy atom. The molecule has 0 aromatic heterocycles. The predicted octanol–water partition coefficient (Wildman–Crippen LogP) is 1.92. The van der Waals surface area contributed by atoms with Crippen LogP contribution in [0.25, 0.3) is 6.08 Å². The Morgan fingerprint density at radius 1 is 1.27 bits per heavy atom. The van der Waals surface area contributed by atoms with Crippen LogP contribution in [0.3, 0.4) is 0 Å². The second-order valence-corrected chi connectivity index (χ2v) is 4.52. The molecule has 0 spiro atoms. The van der Waals surface area contributed by atoms with Gasteiger partial charge in [0, 0.05) is 6.08 Å². The number of hydrogen-bond acceptors (Lipinski definition) is 5. The number of methoxy groups -OCH3 is 1. The second-order valence-electron chi connectivity index (χ2n) is 4.52. The van der Waals surface area contributed by atoms with Crippen LogP contribution < -0.4 is 15.2 Å². The van der Waals surface area contributed by atoms with E-state index in [0.717, 1.165) is 18.4 Å². The first-order valence-corrected chi connectivity index (χ1v) is 7.00. The van der Waals surface area contributed by atoms with Gasteiger partial charge in [-0.15, -0.1) is 0 Å². The molecule has 6 nitrogen and oxygen atoms in total. The van der Waals surface area contributed by atoms with Crippen molar-refractivity contribution in [1.29, 1.82) is 0 Å². The maximum Gasteiger partial charge on any atom is 0.331 e. The quantitative estimate of drug-likeness (QED) is 0.428. The van der Waals surface area contributed by atoms with Crippen molar-refractivity contribution in [1.82, 2.24) is 0 Å². The molecule has 1 rings (SSSR count). The van der Waals surface area contributed by atoms with Crippen molar-refractivity contribution in [3.05, 3.63) is 29.8 Å². The first kappa shape index (κ1) is 17.6. The van der Waals surface area contributed by atoms with E-state index in [0.29, 0.717) is 18.1 Å². The first-order chi connectivity index (χ1) is 10.6. The zero-order chi connectivity index (χ0) is 16.4. The van der Waals surface area contributed by atoms with E-state index < -0.39 is 18.5 Å². The van der Waals surface area contributed by atoms with Crippen LogP contribution in [0.5, 0.6) is 11.5 Å². The van der Waals surface area contributed by atoms with Crippen LogP contribution in [-0.4, -0.2) is 32.2 Å². The molecule has 0 saturated carbocycles. The first-order valence-electron chi connectivity index (χ1n) is 7.00. The third kappa shape index (κ3) is 6.30. The molecule has 0 saturated heterocycles. The van der Waals surface area contributed by atoms with Crippen molar-refractivity contribution in [2.45, 2.75) is 19.8 Å². The number of carbonyl (C=O) groups excluding carboxylic acids is 2. The molecule has 2 N–H and O–H groups in total. The summed E-state index contributed by atoms with van der Waals surface area (Å²) in [5.41, 5.74) is 5.63. The van der Waals surface area contributed by atoms with E-state index in [4.69, 9.17) is 15.2 Å². The molecule has 0 bridgehead atoms. The maximum atomic E-state index is 11.3. The van der Waals surface area contributed by atoms with Crippen LogP contribution in [0, 0.1) is 0 Å². The van der Waals surface area contributed by atoms with Gasteiger partial charge >= 0.3 is 5.97 Å². The summed E-state index contributed by atoms with van der Waals surface area (Å²) in [5, 5.41) is 0. The van der Waals surface area contributed by atoms with Gasteiger partial charge in [-0.2, -0.15) is 0 Å². The van der Waals surface area contributed by atoms with Crippen LogP contribution in [0.4, 0.5) is 0 Å². The lowest BCUT2D eigenvalue weighted by Gasteiger charge is -2.10. The van der Waals surface area contributed by atoms with Crippen molar-refractivity contribution >= 4 is 18.0 Å². The van der Waals surface area contributed by atoms with Crippen molar-refractivity contribution < 1.29 is 23.8 Å². The second kappa shape index (κ2) is 9.44. The maximum absolute atomic E-state index is 11.3. The summed E-state index contributed by atoms with van der Waals surface area (Å²) in [6, 6.07) is 5.32. The Morgan fingerprint density at radius 2 is 2.05 bits per heavy atom. The summed E-state index contributed by atoms with van der Waals surface area (Å²) in [5.74, 6) is -0.0915. The Kier molecular flexibility index (Phi) is 7.53. The smallest absolute Gasteiger partial charge is 0.331 e. The van der Waals surface area contributed by atoms with Gasteiger partial charge in [-0.05, 0) is 30.2 Å². The fourth-order valence-electron chi connectivity index (χ4n) is 1.59. The van der Waals surface area contributed by atoms with Gasteiger partial charge < -0.3 is 19.9 Å². The number of primary amides is 1. The van der Waals surface area contributed by atoms with Gasteiger partial charge in [0.25, 0.3) is 5.91 Å². The molecular formula is C16H21NO5. The Bertz CT molecular complexity index is 539. The number of carbonyl (C=O) groups is 2. The standard InChI is InChI=1S/C16H21NO5/c1-3-4-9-21-13-7-5-12(10-14(13)20-2)6-8-16(19)22-11-15(17)18/h5-8,10H,3-4,9,11H2,1-2H3,(H2,17,18)/b8-6+. The third-order valence-electron chi connectivity index (χ3n) is 2.71. The summed E-state index contributed by atoms with van der Waals surface area (Å²) in [6.45, 7) is 2.28. The van der Waals surface area contributed by atoms with E-state index in [1.54, 1.807) is 31.4 Å². The number of unbranched alkanes of at least 4 members (excludes halogenated alkanes) is 1. The third-order valence-corrected chi connectivity index (χ3v) is 2.71. The zero-order valence-electron chi connectivity index (χ0n) is 12.8. The molecule has 6 heteroatoms. The Labute approximate surface area is 129 Å². The molecule has 0 unspecified atom stereocenters. The zero-order valence-corrected chi connectivity index (χ0v) is 12.8. The summed E-state index contributed by atoms with van der Waals surface area (Å²) >= 11 is 0. The summed E-state index contributed by atoms with van der Waals surface area (Å²) in [7, 11) is 1.55. The minimum Gasteiger partial charge on any atom is -0.493 e. The molecule has 1 amide bonds. The van der Waals surface area contributed by atoms with E-state index in [2.05, 4.69) is 11.7 Å². The Balaban J connectivity index is 2.68. The number of ether oxygens (including phenoxy) is 3. The van der Waals surface area contributed by atoms with Gasteiger partial charge in [0.1, 0.15) is 0 Å². The highest BCUT2D eigenvalue weighted by atomic mass is 16.5. The number of esters is 1. The molecule has 0 aliphatic rings. The molecule has 0 fully saturated rings. The lowest BCUT2D eigenvalue weighted by Crippen LogP contribution is -2.19. The molecule has 1 aromatic rings. The van der Waals surface area contributed by atoms with Crippen molar-refractivity contribution in [2.24, 2.45) is 5.73 Å². The molecule has 0 aliphatic carbocycles. The normalized spacial score (nSPS) is 10.5. The van der Waals surface area contributed by atoms with Crippen molar-refractivity contribution in [3.63, 3.8) is 0 Å². The predicted molar refractivity (Wildman–Crippen MR) is 82.6 cm³/mol. The lowest BCUT2D eigenvalue weighted by atomic mass is 10.2. The van der Waals surface area contributed by atoms with Crippen LogP contribution in [0.1, 0.15) is 25.3 Å². The average molecular weight is 307 g/mol. The monoisotopic (exact) mass is 307 g/mol. The molecule has 0 heterocycles. The van der Waals surface area contributed by atoms with Crippen molar-refractivity contribution in [2.75, 3.05) is 20.3 Å². The Hall–Kier alpha value is -2.50. The van der Waals surface area contributed by atoms with E-state index in [1.807, 2.05) is 0 Å². The summed E-state index contributed by atoms with van der Waals surface area (Å²) in [6.07, 6.45) is 4.80. The summed E-state index contributed by atoms with van der Waals surface area (Å²) < 4.78 is 15.5. The largest absolute Gasteiger partial charge is 0.493 e. The molecule has 22 heavy (non-hydrogen) atoms. The van der Waals surface area contributed by atoms with Gasteiger partial charge in [0.15, 0.2) is 18.1 Å². The highest BCUT2D eigenvalue weighted by Gasteiger charge is 2.05. The molecule has 0 aliphatic heterocycles. The summed E-state index contributed by atoms with van der Waals surface area (Å²) in [4.78, 5) is 21.8. The number of amides is 1. The van der Waals surface area contributed by atoms with Gasteiger partial charge in [-0.1, -0.05) is 19.4 Å². The number of rotatable bonds is 9. The van der Waals surface area contributed by atoms with Crippen LogP contribution >= 0.6 is 0 Å². The fraction of sp³-hybridized carbons (Fsp3) is 0.375. The molecule has 1 aromatic carbocycles. The number of nitrogens with two attached hydrogens (primary N) is 1. The highest BCUT2D eigenvalue weighted by Crippen LogP contribution is 2.28. The molecular weight excluding hydrogens is 286 g/mol. The van der Waals surface area contributed by atoms with Crippen LogP contribution in [0.15, 0.2) is 24.3 Å². The van der Waals surface area contributed by atoms with Gasteiger partial charge in [-0.3, -0.25) is 4.79 Å². The van der Waals surface area contributed by atoms with Crippen LogP contribution in [0.2, 0.25) is 0 Å². The minimum absolute atomic E-state index is 0.434. The van der Waals surface area contributed by atoms with Crippen molar-refractivity contribution in [3.8, 4) is 11.5 Å². The topological polar surface area (TPSA) is 87.9 Å². The number of hydrogen-bond donors (Lipinski definition) is 1. The number of benzene rings is 1. The van der Waals surface area contributed by atoms with E-state index in [1.165, 1.54) is 6.08 Å². The minimum atomic E-state index is -0.697. The highest BCUT2D eigenvalue weighted by molar-refractivity contribution is 5.89. The van der Waals surface area contributed by atoms with Gasteiger partial charge in [0.2, 0.25) is 0 Å². The molecule has 120 valence electrons. The van der Waals surface area contributed by atoms with Gasteiger partial charge in [0.05, 0.1) is 13.7 Å². The van der Waals surface area contributed by atoms with Crippen LogP contribution in [-0.2, 0) is 14.3 Å². The molecule has 0 atom stereocenters.